The lowest BCUT2D eigenvalue weighted by Crippen LogP contribution is -2.38. The lowest BCUT2D eigenvalue weighted by molar-refractivity contribution is 0.0953. The highest BCUT2D eigenvalue weighted by Gasteiger charge is 2.30. The fourth-order valence-electron chi connectivity index (χ4n) is 2.70. The quantitative estimate of drug-likeness (QED) is 0.699. The summed E-state index contributed by atoms with van der Waals surface area (Å²) in [7, 11) is -3.61. The van der Waals surface area contributed by atoms with Crippen LogP contribution in [-0.2, 0) is 16.6 Å². The predicted molar refractivity (Wildman–Crippen MR) is 104 cm³/mol. The number of aromatic nitrogens is 2. The van der Waals surface area contributed by atoms with Crippen molar-refractivity contribution in [1.82, 2.24) is 19.4 Å². The minimum Gasteiger partial charge on any atom is -0.351 e. The van der Waals surface area contributed by atoms with Crippen molar-refractivity contribution in [2.75, 3.05) is 31.1 Å². The third-order valence-corrected chi connectivity index (χ3v) is 7.96. The van der Waals surface area contributed by atoms with Crippen LogP contribution in [0.2, 0.25) is 0 Å². The van der Waals surface area contributed by atoms with Crippen molar-refractivity contribution in [2.45, 2.75) is 24.8 Å². The zero-order chi connectivity index (χ0) is 18.6. The first-order chi connectivity index (χ1) is 12.5. The van der Waals surface area contributed by atoms with Gasteiger partial charge in [-0.1, -0.05) is 0 Å². The van der Waals surface area contributed by atoms with E-state index >= 15 is 0 Å². The summed E-state index contributed by atoms with van der Waals surface area (Å²) in [5, 5.41) is 8.68. The molecule has 3 heterocycles. The maximum absolute atomic E-state index is 12.8. The Bertz CT molecular complexity index is 854. The molecule has 2 aromatic rings. The van der Waals surface area contributed by atoms with E-state index in [4.69, 9.17) is 0 Å². The summed E-state index contributed by atoms with van der Waals surface area (Å²) < 4.78 is 29.0. The molecule has 1 amide bonds. The number of thiophene rings is 1. The Hall–Kier alpha value is -1.36. The Morgan fingerprint density at radius 1 is 1.35 bits per heavy atom. The molecule has 0 spiro atoms. The molecule has 7 nitrogen and oxygen atoms in total. The molecule has 1 aliphatic rings. The topological polar surface area (TPSA) is 84.3 Å². The van der Waals surface area contributed by atoms with E-state index < -0.39 is 10.0 Å². The van der Waals surface area contributed by atoms with Crippen molar-refractivity contribution < 1.29 is 13.2 Å². The minimum atomic E-state index is -3.61. The normalized spacial score (nSPS) is 15.9. The molecule has 0 radical (unpaired) electrons. The van der Waals surface area contributed by atoms with Crippen LogP contribution in [0, 0.1) is 6.92 Å². The van der Waals surface area contributed by atoms with Crippen molar-refractivity contribution in [3.8, 4) is 0 Å². The molecular weight excluding hydrogens is 392 g/mol. The highest BCUT2D eigenvalue weighted by Crippen LogP contribution is 2.27. The summed E-state index contributed by atoms with van der Waals surface area (Å²) in [5.74, 6) is 1.25. The second kappa shape index (κ2) is 8.55. The lowest BCUT2D eigenvalue weighted by atomic mass is 10.4. The van der Waals surface area contributed by atoms with Crippen LogP contribution in [-0.4, -0.2) is 59.6 Å². The van der Waals surface area contributed by atoms with Crippen molar-refractivity contribution in [3.05, 3.63) is 34.3 Å². The second-order valence-corrected chi connectivity index (χ2v) is 10.1. The number of nitrogens with zero attached hydrogens (tertiary/aromatic N) is 3. The first-order valence-electron chi connectivity index (χ1n) is 8.41. The largest absolute Gasteiger partial charge is 0.351 e. The van der Waals surface area contributed by atoms with Gasteiger partial charge in [0, 0.05) is 43.9 Å². The molecule has 3 rings (SSSR count). The van der Waals surface area contributed by atoms with E-state index in [-0.39, 0.29) is 15.7 Å². The number of sulfonamides is 1. The van der Waals surface area contributed by atoms with Gasteiger partial charge in [0.2, 0.25) is 10.0 Å². The lowest BCUT2D eigenvalue weighted by Gasteiger charge is -2.25. The molecule has 1 fully saturated rings. The van der Waals surface area contributed by atoms with E-state index in [0.717, 1.165) is 23.5 Å². The zero-order valence-corrected chi connectivity index (χ0v) is 17.0. The third kappa shape index (κ3) is 4.48. The second-order valence-electron chi connectivity index (χ2n) is 6.02. The van der Waals surface area contributed by atoms with Crippen LogP contribution in [0.15, 0.2) is 28.7 Å². The predicted octanol–water partition coefficient (Wildman–Crippen LogP) is 1.81. The minimum absolute atomic E-state index is 0.120. The Balaban J connectivity index is 1.59. The smallest absolute Gasteiger partial charge is 0.262 e. The van der Waals surface area contributed by atoms with Gasteiger partial charge in [0.1, 0.15) is 9.77 Å². The van der Waals surface area contributed by atoms with E-state index in [2.05, 4.69) is 10.4 Å². The summed E-state index contributed by atoms with van der Waals surface area (Å²) in [6.45, 7) is 4.14. The fourth-order valence-corrected chi connectivity index (χ4v) is 6.60. The van der Waals surface area contributed by atoms with E-state index in [1.54, 1.807) is 23.3 Å². The molecule has 1 saturated heterocycles. The number of hydrogen-bond donors (Lipinski definition) is 1. The van der Waals surface area contributed by atoms with Crippen LogP contribution in [0.4, 0.5) is 0 Å². The molecule has 0 atom stereocenters. The third-order valence-electron chi connectivity index (χ3n) is 4.04. The Morgan fingerprint density at radius 2 is 2.12 bits per heavy atom. The number of nitrogens with one attached hydrogen (secondary N) is 1. The molecule has 0 aliphatic carbocycles. The average molecular weight is 415 g/mol. The Morgan fingerprint density at radius 3 is 2.81 bits per heavy atom. The van der Waals surface area contributed by atoms with Gasteiger partial charge in [0.15, 0.2) is 0 Å². The van der Waals surface area contributed by atoms with Gasteiger partial charge in [0.25, 0.3) is 5.91 Å². The van der Waals surface area contributed by atoms with E-state index in [1.807, 2.05) is 17.8 Å². The van der Waals surface area contributed by atoms with Gasteiger partial charge in [0.05, 0.1) is 6.20 Å². The van der Waals surface area contributed by atoms with Gasteiger partial charge in [-0.15, -0.1) is 11.3 Å². The number of rotatable bonds is 7. The van der Waals surface area contributed by atoms with Gasteiger partial charge >= 0.3 is 0 Å². The molecule has 2 aromatic heterocycles. The van der Waals surface area contributed by atoms with E-state index in [1.165, 1.54) is 21.7 Å². The molecule has 1 aliphatic heterocycles. The van der Waals surface area contributed by atoms with Crippen LogP contribution in [0.3, 0.4) is 0 Å². The average Bonchev–Trinajstić information content (AvgIpc) is 3.29. The number of carbonyl (C=O) groups excluding carboxylic acids is 1. The van der Waals surface area contributed by atoms with Crippen molar-refractivity contribution >= 4 is 39.0 Å². The Kier molecular flexibility index (Phi) is 6.38. The fraction of sp³-hybridized carbons (Fsp3) is 0.500. The number of aryl methyl sites for hydroxylation is 2. The molecule has 26 heavy (non-hydrogen) atoms. The standard InChI is InChI=1S/C16H22N4O3S3/c1-13-11-18-19(12-13)5-2-4-17-16(21)15-14(3-8-25-15)26(22,23)20-6-9-24-10-7-20/h3,8,11-12H,2,4-7,9-10H2,1H3,(H,17,21). The number of hydrogen-bond acceptors (Lipinski definition) is 6. The summed E-state index contributed by atoms with van der Waals surface area (Å²) in [6, 6.07) is 1.53. The first kappa shape index (κ1) is 19.4. The van der Waals surface area contributed by atoms with Gasteiger partial charge < -0.3 is 5.32 Å². The van der Waals surface area contributed by atoms with Gasteiger partial charge in [-0.05, 0) is 30.4 Å². The number of amides is 1. The van der Waals surface area contributed by atoms with Gasteiger partial charge in [-0.2, -0.15) is 21.2 Å². The summed E-state index contributed by atoms with van der Waals surface area (Å²) >= 11 is 2.91. The molecule has 10 heteroatoms. The Labute approximate surface area is 161 Å². The molecule has 142 valence electrons. The molecule has 0 unspecified atom stereocenters. The zero-order valence-electron chi connectivity index (χ0n) is 14.6. The molecular formula is C16H22N4O3S3. The highest BCUT2D eigenvalue weighted by molar-refractivity contribution is 7.99. The number of carbonyl (C=O) groups is 1. The summed E-state index contributed by atoms with van der Waals surface area (Å²) in [5.41, 5.74) is 1.10. The van der Waals surface area contributed by atoms with Crippen LogP contribution in [0.1, 0.15) is 21.7 Å². The van der Waals surface area contributed by atoms with Crippen LogP contribution >= 0.6 is 23.1 Å². The SMILES string of the molecule is Cc1cnn(CCCNC(=O)c2sccc2S(=O)(=O)N2CCSCC2)c1. The van der Waals surface area contributed by atoms with Gasteiger partial charge in [-0.3, -0.25) is 9.48 Å². The molecule has 0 saturated carbocycles. The summed E-state index contributed by atoms with van der Waals surface area (Å²) in [4.78, 5) is 12.8. The maximum Gasteiger partial charge on any atom is 0.262 e. The van der Waals surface area contributed by atoms with Crippen molar-refractivity contribution in [3.63, 3.8) is 0 Å². The van der Waals surface area contributed by atoms with Crippen molar-refractivity contribution in [2.24, 2.45) is 0 Å². The van der Waals surface area contributed by atoms with Gasteiger partial charge in [-0.25, -0.2) is 8.42 Å². The van der Waals surface area contributed by atoms with Crippen LogP contribution in [0.25, 0.3) is 0 Å². The monoisotopic (exact) mass is 414 g/mol. The van der Waals surface area contributed by atoms with E-state index in [9.17, 15) is 13.2 Å². The van der Waals surface area contributed by atoms with Crippen LogP contribution < -0.4 is 5.32 Å². The first-order valence-corrected chi connectivity index (χ1v) is 11.9. The van der Waals surface area contributed by atoms with E-state index in [0.29, 0.717) is 26.2 Å². The molecule has 0 bridgehead atoms. The van der Waals surface area contributed by atoms with Crippen molar-refractivity contribution in [1.29, 1.82) is 0 Å². The highest BCUT2D eigenvalue weighted by atomic mass is 32.2. The van der Waals surface area contributed by atoms with Crippen LogP contribution in [0.5, 0.6) is 0 Å². The molecule has 1 N–H and O–H groups in total. The molecule has 0 aromatic carbocycles. The number of thioether (sulfide) groups is 1. The summed E-state index contributed by atoms with van der Waals surface area (Å²) in [6.07, 6.45) is 4.47. The maximum atomic E-state index is 12.8.